The molecule has 0 bridgehead atoms. The first kappa shape index (κ1) is 21.8. The van der Waals surface area contributed by atoms with Crippen LogP contribution in [-0.2, 0) is 4.43 Å². The summed E-state index contributed by atoms with van der Waals surface area (Å²) in [6, 6.07) is 0. The first-order valence-electron chi connectivity index (χ1n) is 8.90. The van der Waals surface area contributed by atoms with Crippen molar-refractivity contribution in [3.05, 3.63) is 0 Å². The molecule has 1 nitrogen and oxygen atoms in total. The average Bonchev–Trinajstić information content (AvgIpc) is 2.43. The van der Waals surface area contributed by atoms with Gasteiger partial charge in [-0.3, -0.25) is 0 Å². The molecule has 0 aliphatic rings. The third kappa shape index (κ3) is 11.9. The van der Waals surface area contributed by atoms with E-state index >= 15 is 0 Å². The molecule has 4 heteroatoms. The molecule has 21 heavy (non-hydrogen) atoms. The summed E-state index contributed by atoms with van der Waals surface area (Å²) in [5.41, 5.74) is 0. The van der Waals surface area contributed by atoms with E-state index in [4.69, 9.17) is 27.6 Å². The van der Waals surface area contributed by atoms with E-state index in [0.717, 1.165) is 6.42 Å². The van der Waals surface area contributed by atoms with E-state index < -0.39 is 8.32 Å². The van der Waals surface area contributed by atoms with E-state index in [1.807, 2.05) is 0 Å². The highest BCUT2D eigenvalue weighted by Gasteiger charge is 2.33. The van der Waals surface area contributed by atoms with Gasteiger partial charge in [0, 0.05) is 6.10 Å². The number of hydrogen-bond donors (Lipinski definition) is 0. The van der Waals surface area contributed by atoms with Crippen molar-refractivity contribution >= 4 is 31.5 Å². The molecule has 0 aliphatic carbocycles. The van der Waals surface area contributed by atoms with Gasteiger partial charge in [-0.05, 0) is 25.9 Å². The topological polar surface area (TPSA) is 9.23 Å². The zero-order valence-corrected chi connectivity index (χ0v) is 17.1. The largest absolute Gasteiger partial charge is 0.412 e. The Morgan fingerprint density at radius 1 is 0.762 bits per heavy atom. The fourth-order valence-corrected chi connectivity index (χ4v) is 4.01. The Morgan fingerprint density at radius 3 is 1.76 bits per heavy atom. The van der Waals surface area contributed by atoms with Crippen LogP contribution in [0.4, 0.5) is 0 Å². The van der Waals surface area contributed by atoms with Gasteiger partial charge >= 0.3 is 0 Å². The second kappa shape index (κ2) is 13.2. The van der Waals surface area contributed by atoms with E-state index in [9.17, 15) is 0 Å². The fourth-order valence-electron chi connectivity index (χ4n) is 2.50. The van der Waals surface area contributed by atoms with Crippen LogP contribution in [0, 0.1) is 0 Å². The summed E-state index contributed by atoms with van der Waals surface area (Å²) >= 11 is 12.2. The third-order valence-electron chi connectivity index (χ3n) is 4.01. The highest BCUT2D eigenvalue weighted by atomic mass is 35.5. The smallest absolute Gasteiger partial charge is 0.220 e. The molecule has 0 amide bonds. The van der Waals surface area contributed by atoms with Crippen molar-refractivity contribution in [1.29, 1.82) is 0 Å². The first-order valence-corrected chi connectivity index (χ1v) is 12.8. The lowest BCUT2D eigenvalue weighted by molar-refractivity contribution is 0.165. The first-order chi connectivity index (χ1) is 9.94. The van der Waals surface area contributed by atoms with Crippen molar-refractivity contribution in [1.82, 2.24) is 0 Å². The zero-order chi connectivity index (χ0) is 16.1. The molecule has 0 rings (SSSR count). The van der Waals surface area contributed by atoms with Gasteiger partial charge < -0.3 is 4.43 Å². The van der Waals surface area contributed by atoms with Crippen molar-refractivity contribution in [3.63, 3.8) is 0 Å². The Morgan fingerprint density at radius 2 is 1.24 bits per heavy atom. The molecular formula is C17H36Cl2OSi. The van der Waals surface area contributed by atoms with Gasteiger partial charge in [0.2, 0.25) is 8.32 Å². The third-order valence-corrected chi connectivity index (χ3v) is 9.15. The second-order valence-electron chi connectivity index (χ2n) is 6.70. The minimum absolute atomic E-state index is 0.337. The maximum atomic E-state index is 6.32. The van der Waals surface area contributed by atoms with Crippen LogP contribution in [0.3, 0.4) is 0 Å². The van der Waals surface area contributed by atoms with Crippen molar-refractivity contribution in [3.8, 4) is 0 Å². The van der Waals surface area contributed by atoms with Gasteiger partial charge in [-0.25, -0.2) is 0 Å². The highest BCUT2D eigenvalue weighted by molar-refractivity contribution is 6.88. The Bertz CT molecular complexity index is 235. The van der Waals surface area contributed by atoms with Crippen LogP contribution >= 0.6 is 23.2 Å². The van der Waals surface area contributed by atoms with Crippen LogP contribution in [0.15, 0.2) is 0 Å². The molecule has 0 aromatic carbocycles. The lowest BCUT2D eigenvalue weighted by Crippen LogP contribution is -2.42. The lowest BCUT2D eigenvalue weighted by Gasteiger charge is -2.30. The van der Waals surface area contributed by atoms with Crippen LogP contribution < -0.4 is 0 Å². The number of hydrogen-bond acceptors (Lipinski definition) is 1. The minimum atomic E-state index is -1.95. The van der Waals surface area contributed by atoms with Crippen LogP contribution in [0.5, 0.6) is 0 Å². The summed E-state index contributed by atoms with van der Waals surface area (Å²) in [6.45, 7) is 8.75. The molecule has 0 N–H and O–H groups in total. The van der Waals surface area contributed by atoms with Gasteiger partial charge in [-0.15, -0.1) is 23.2 Å². The number of alkyl halides is 2. The standard InChI is InChI=1S/C17H36Cl2OSi/c1-5-7-9-10-11-12-13-15-16(14-8-6-2)20-21(3,4)17(18)19/h16-17H,5-15H2,1-4H3. The van der Waals surface area contributed by atoms with Gasteiger partial charge in [0.1, 0.15) is 4.46 Å². The van der Waals surface area contributed by atoms with E-state index in [1.54, 1.807) is 0 Å². The summed E-state index contributed by atoms with van der Waals surface area (Å²) in [5, 5.41) is 0. The number of halogens is 2. The van der Waals surface area contributed by atoms with Crippen LogP contribution in [-0.4, -0.2) is 18.9 Å². The van der Waals surface area contributed by atoms with E-state index in [0.29, 0.717) is 6.10 Å². The maximum Gasteiger partial charge on any atom is 0.220 e. The van der Waals surface area contributed by atoms with Crippen molar-refractivity contribution in [2.45, 2.75) is 108 Å². The Kier molecular flexibility index (Phi) is 13.7. The van der Waals surface area contributed by atoms with E-state index in [-0.39, 0.29) is 4.46 Å². The Labute approximate surface area is 144 Å². The molecule has 0 saturated heterocycles. The predicted molar refractivity (Wildman–Crippen MR) is 100.0 cm³/mol. The van der Waals surface area contributed by atoms with Gasteiger partial charge in [-0.2, -0.15) is 0 Å². The van der Waals surface area contributed by atoms with Gasteiger partial charge in [0.25, 0.3) is 0 Å². The molecule has 1 atom stereocenters. The molecule has 0 aromatic rings. The molecule has 0 saturated carbocycles. The predicted octanol–water partition coefficient (Wildman–Crippen LogP) is 7.25. The Balaban J connectivity index is 3.96. The van der Waals surface area contributed by atoms with Gasteiger partial charge in [-0.1, -0.05) is 71.6 Å². The second-order valence-corrected chi connectivity index (χ2v) is 12.5. The molecule has 0 spiro atoms. The molecule has 0 radical (unpaired) electrons. The Hall–Kier alpha value is 0.757. The monoisotopic (exact) mass is 354 g/mol. The van der Waals surface area contributed by atoms with Gasteiger partial charge in [0.15, 0.2) is 0 Å². The molecule has 1 unspecified atom stereocenters. The molecule has 0 heterocycles. The summed E-state index contributed by atoms with van der Waals surface area (Å²) in [6.07, 6.45) is 14.6. The maximum absolute atomic E-state index is 6.32. The number of unbranched alkanes of at least 4 members (excludes halogenated alkanes) is 7. The van der Waals surface area contributed by atoms with Crippen LogP contribution in [0.25, 0.3) is 0 Å². The number of rotatable bonds is 14. The quantitative estimate of drug-likeness (QED) is 0.181. The van der Waals surface area contributed by atoms with Crippen molar-refractivity contribution in [2.75, 3.05) is 0 Å². The summed E-state index contributed by atoms with van der Waals surface area (Å²) in [4.78, 5) is 0. The molecule has 0 fully saturated rings. The summed E-state index contributed by atoms with van der Waals surface area (Å²) in [7, 11) is -1.95. The minimum Gasteiger partial charge on any atom is -0.412 e. The summed E-state index contributed by atoms with van der Waals surface area (Å²) in [5.74, 6) is 0. The zero-order valence-electron chi connectivity index (χ0n) is 14.6. The highest BCUT2D eigenvalue weighted by Crippen LogP contribution is 2.25. The van der Waals surface area contributed by atoms with E-state index in [1.165, 1.54) is 64.2 Å². The average molecular weight is 355 g/mol. The molecular weight excluding hydrogens is 319 g/mol. The lowest BCUT2D eigenvalue weighted by atomic mass is 10.0. The van der Waals surface area contributed by atoms with Crippen LogP contribution in [0.2, 0.25) is 13.1 Å². The normalized spacial score (nSPS) is 13.9. The van der Waals surface area contributed by atoms with Crippen molar-refractivity contribution in [2.24, 2.45) is 0 Å². The fraction of sp³-hybridized carbons (Fsp3) is 1.00. The molecule has 0 aliphatic heterocycles. The van der Waals surface area contributed by atoms with E-state index in [2.05, 4.69) is 26.9 Å². The molecule has 128 valence electrons. The van der Waals surface area contributed by atoms with Crippen molar-refractivity contribution < 1.29 is 4.43 Å². The SMILES string of the molecule is CCCCCCCCCC(CCCC)O[Si](C)(C)C(Cl)Cl. The summed E-state index contributed by atoms with van der Waals surface area (Å²) < 4.78 is 5.98. The van der Waals surface area contributed by atoms with Gasteiger partial charge in [0.05, 0.1) is 0 Å². The molecule has 0 aromatic heterocycles. The van der Waals surface area contributed by atoms with Crippen LogP contribution in [0.1, 0.15) is 84.5 Å².